The lowest BCUT2D eigenvalue weighted by atomic mass is 10.1. The van der Waals surface area contributed by atoms with Gasteiger partial charge in [-0.1, -0.05) is 6.07 Å². The summed E-state index contributed by atoms with van der Waals surface area (Å²) in [6.45, 7) is -0.150. The van der Waals surface area contributed by atoms with Gasteiger partial charge < -0.3 is 5.32 Å². The minimum atomic E-state index is -4.23. The molecule has 1 heterocycles. The maximum atomic E-state index is 13.4. The van der Waals surface area contributed by atoms with Gasteiger partial charge in [0.2, 0.25) is 5.91 Å². The first kappa shape index (κ1) is 18.4. The molecule has 1 fully saturated rings. The molecule has 0 aromatic heterocycles. The molecular formula is C16H17F5N2O. The second kappa shape index (κ2) is 7.74. The standard InChI is InChI=1S/C16H17F5N2O/c17-13-2-1-3-14(18)12(13)4-5-15(24)22-8-11-6-7-23(9-11)10-16(19,20)21/h1-5,11H,6-10H2,(H,22,24)/b5-4+/t11-/m1/s1. The first-order valence-corrected chi connectivity index (χ1v) is 7.43. The minimum absolute atomic E-state index is 0.0742. The molecule has 3 nitrogen and oxygen atoms in total. The Hall–Kier alpha value is -1.96. The highest BCUT2D eigenvalue weighted by Crippen LogP contribution is 2.22. The van der Waals surface area contributed by atoms with Crippen LogP contribution in [-0.4, -0.2) is 43.2 Å². The van der Waals surface area contributed by atoms with Crippen LogP contribution in [0.3, 0.4) is 0 Å². The summed E-state index contributed by atoms with van der Waals surface area (Å²) in [6, 6.07) is 3.37. The molecule has 0 spiro atoms. The van der Waals surface area contributed by atoms with Gasteiger partial charge in [-0.15, -0.1) is 0 Å². The highest BCUT2D eigenvalue weighted by atomic mass is 19.4. The van der Waals surface area contributed by atoms with Crippen molar-refractivity contribution >= 4 is 12.0 Å². The van der Waals surface area contributed by atoms with E-state index in [1.54, 1.807) is 0 Å². The number of amides is 1. The van der Waals surface area contributed by atoms with Crippen molar-refractivity contribution in [2.24, 2.45) is 5.92 Å². The fourth-order valence-electron chi connectivity index (χ4n) is 2.61. The first-order valence-electron chi connectivity index (χ1n) is 7.43. The highest BCUT2D eigenvalue weighted by Gasteiger charge is 2.34. The number of halogens is 5. The second-order valence-electron chi connectivity index (χ2n) is 5.72. The van der Waals surface area contributed by atoms with Gasteiger partial charge in [-0.05, 0) is 37.1 Å². The van der Waals surface area contributed by atoms with E-state index in [2.05, 4.69) is 5.32 Å². The molecule has 1 N–H and O–H groups in total. The molecule has 0 radical (unpaired) electrons. The van der Waals surface area contributed by atoms with Crippen LogP contribution >= 0.6 is 0 Å². The van der Waals surface area contributed by atoms with Crippen molar-refractivity contribution in [2.45, 2.75) is 12.6 Å². The third kappa shape index (κ3) is 5.59. The summed E-state index contributed by atoms with van der Waals surface area (Å²) in [6.07, 6.45) is -1.64. The maximum absolute atomic E-state index is 13.4. The maximum Gasteiger partial charge on any atom is 0.401 e. The Morgan fingerprint density at radius 3 is 2.58 bits per heavy atom. The molecule has 0 aliphatic carbocycles. The Kier molecular flexibility index (Phi) is 5.93. The largest absolute Gasteiger partial charge is 0.401 e. The van der Waals surface area contributed by atoms with Crippen molar-refractivity contribution in [3.8, 4) is 0 Å². The Labute approximate surface area is 136 Å². The van der Waals surface area contributed by atoms with Gasteiger partial charge in [0.1, 0.15) is 11.6 Å². The van der Waals surface area contributed by atoms with Gasteiger partial charge >= 0.3 is 6.18 Å². The number of hydrogen-bond acceptors (Lipinski definition) is 2. The van der Waals surface area contributed by atoms with Gasteiger partial charge in [-0.25, -0.2) is 8.78 Å². The molecule has 0 unspecified atom stereocenters. The fraction of sp³-hybridized carbons (Fsp3) is 0.438. The Bertz CT molecular complexity index is 595. The number of nitrogens with zero attached hydrogens (tertiary/aromatic N) is 1. The van der Waals surface area contributed by atoms with E-state index in [9.17, 15) is 26.7 Å². The van der Waals surface area contributed by atoms with Crippen molar-refractivity contribution < 1.29 is 26.7 Å². The van der Waals surface area contributed by atoms with Crippen molar-refractivity contribution in [3.05, 3.63) is 41.5 Å². The van der Waals surface area contributed by atoms with Crippen LogP contribution in [0.5, 0.6) is 0 Å². The molecule has 8 heteroatoms. The van der Waals surface area contributed by atoms with E-state index in [1.165, 1.54) is 11.0 Å². The highest BCUT2D eigenvalue weighted by molar-refractivity contribution is 5.91. The molecule has 1 atom stereocenters. The van der Waals surface area contributed by atoms with Crippen LogP contribution in [0.4, 0.5) is 22.0 Å². The van der Waals surface area contributed by atoms with Crippen LogP contribution in [0.25, 0.3) is 6.08 Å². The second-order valence-corrected chi connectivity index (χ2v) is 5.72. The number of hydrogen-bond donors (Lipinski definition) is 1. The summed E-state index contributed by atoms with van der Waals surface area (Å²) in [7, 11) is 0. The van der Waals surface area contributed by atoms with Crippen molar-refractivity contribution in [2.75, 3.05) is 26.2 Å². The van der Waals surface area contributed by atoms with Crippen LogP contribution in [0.2, 0.25) is 0 Å². The molecule has 0 bridgehead atoms. The van der Waals surface area contributed by atoms with Gasteiger partial charge in [-0.3, -0.25) is 9.69 Å². The van der Waals surface area contributed by atoms with E-state index in [4.69, 9.17) is 0 Å². The van der Waals surface area contributed by atoms with Gasteiger partial charge in [0.25, 0.3) is 0 Å². The molecule has 1 aliphatic heterocycles. The molecule has 24 heavy (non-hydrogen) atoms. The molecule has 132 valence electrons. The SMILES string of the molecule is O=C(/C=C/c1c(F)cccc1F)NC[C@H]1CCN(CC(F)(F)F)C1. The number of likely N-dealkylation sites (tertiary alicyclic amines) is 1. The van der Waals surface area contributed by atoms with E-state index in [0.717, 1.165) is 24.3 Å². The molecule has 1 amide bonds. The number of alkyl halides is 3. The molecular weight excluding hydrogens is 331 g/mol. The van der Waals surface area contributed by atoms with Crippen LogP contribution in [-0.2, 0) is 4.79 Å². The van der Waals surface area contributed by atoms with Crippen molar-refractivity contribution in [1.82, 2.24) is 10.2 Å². The minimum Gasteiger partial charge on any atom is -0.352 e. The molecule has 1 aliphatic rings. The molecule has 1 aromatic rings. The number of carbonyl (C=O) groups is 1. The van der Waals surface area contributed by atoms with Crippen LogP contribution in [0.15, 0.2) is 24.3 Å². The quantitative estimate of drug-likeness (QED) is 0.655. The van der Waals surface area contributed by atoms with E-state index in [1.807, 2.05) is 0 Å². The first-order chi connectivity index (χ1) is 11.2. The molecule has 0 saturated carbocycles. The summed E-state index contributed by atoms with van der Waals surface area (Å²) < 4.78 is 63.7. The van der Waals surface area contributed by atoms with E-state index in [-0.39, 0.29) is 24.6 Å². The van der Waals surface area contributed by atoms with Gasteiger partial charge in [0.05, 0.1) is 6.54 Å². The number of nitrogens with one attached hydrogen (secondary N) is 1. The summed E-state index contributed by atoms with van der Waals surface area (Å²) in [5.74, 6) is -2.18. The lowest BCUT2D eigenvalue weighted by Gasteiger charge is -2.17. The van der Waals surface area contributed by atoms with Gasteiger partial charge in [-0.2, -0.15) is 13.2 Å². The number of carbonyl (C=O) groups excluding carboxylic acids is 1. The van der Waals surface area contributed by atoms with Crippen molar-refractivity contribution in [3.63, 3.8) is 0 Å². The monoisotopic (exact) mass is 348 g/mol. The van der Waals surface area contributed by atoms with E-state index in [0.29, 0.717) is 13.0 Å². The average molecular weight is 348 g/mol. The Balaban J connectivity index is 1.79. The zero-order chi connectivity index (χ0) is 17.7. The van der Waals surface area contributed by atoms with E-state index >= 15 is 0 Å². The lowest BCUT2D eigenvalue weighted by molar-refractivity contribution is -0.143. The van der Waals surface area contributed by atoms with Gasteiger partial charge in [0, 0.05) is 24.7 Å². The Morgan fingerprint density at radius 2 is 1.96 bits per heavy atom. The van der Waals surface area contributed by atoms with Gasteiger partial charge in [0.15, 0.2) is 0 Å². The summed E-state index contributed by atoms with van der Waals surface area (Å²) in [5.41, 5.74) is -0.315. The smallest absolute Gasteiger partial charge is 0.352 e. The zero-order valence-corrected chi connectivity index (χ0v) is 12.7. The van der Waals surface area contributed by atoms with Crippen LogP contribution in [0, 0.1) is 17.6 Å². The third-order valence-electron chi connectivity index (χ3n) is 3.74. The zero-order valence-electron chi connectivity index (χ0n) is 12.7. The molecule has 2 rings (SSSR count). The number of benzene rings is 1. The van der Waals surface area contributed by atoms with Crippen molar-refractivity contribution in [1.29, 1.82) is 0 Å². The van der Waals surface area contributed by atoms with Crippen LogP contribution < -0.4 is 5.32 Å². The normalized spacial score (nSPS) is 19.1. The fourth-order valence-corrected chi connectivity index (χ4v) is 2.61. The topological polar surface area (TPSA) is 32.3 Å². The van der Waals surface area contributed by atoms with Crippen LogP contribution in [0.1, 0.15) is 12.0 Å². The summed E-state index contributed by atoms with van der Waals surface area (Å²) >= 11 is 0. The lowest BCUT2D eigenvalue weighted by Crippen LogP contribution is -2.34. The Morgan fingerprint density at radius 1 is 1.29 bits per heavy atom. The molecule has 1 aromatic carbocycles. The predicted molar refractivity (Wildman–Crippen MR) is 79.0 cm³/mol. The summed E-state index contributed by atoms with van der Waals surface area (Å²) in [5, 5.41) is 2.54. The average Bonchev–Trinajstić information content (AvgIpc) is 2.90. The number of rotatable bonds is 5. The third-order valence-corrected chi connectivity index (χ3v) is 3.74. The summed E-state index contributed by atoms with van der Waals surface area (Å²) in [4.78, 5) is 13.0. The van der Waals surface area contributed by atoms with E-state index < -0.39 is 30.3 Å². The predicted octanol–water partition coefficient (Wildman–Crippen LogP) is 2.98. The molecule has 1 saturated heterocycles.